The van der Waals surface area contributed by atoms with Gasteiger partial charge in [0.1, 0.15) is 0 Å². The molecule has 0 heterocycles. The molecule has 2 heteroatoms. The predicted molar refractivity (Wildman–Crippen MR) is 54.4 cm³/mol. The minimum Gasteiger partial charge on any atom is -0.356 e. The Morgan fingerprint density at radius 3 is 2.77 bits per heavy atom. The number of hydrogen-bond acceptors (Lipinski definition) is 1. The van der Waals surface area contributed by atoms with Gasteiger partial charge in [-0.3, -0.25) is 4.79 Å². The first kappa shape index (κ1) is 10.3. The molecular weight excluding hydrogens is 162 g/mol. The first-order chi connectivity index (χ1) is 6.33. The third-order valence-corrected chi connectivity index (χ3v) is 2.62. The van der Waals surface area contributed by atoms with Crippen LogP contribution in [0.4, 0.5) is 0 Å². The van der Waals surface area contributed by atoms with Gasteiger partial charge in [-0.25, -0.2) is 0 Å². The number of hydrogen-bond donors (Lipinski definition) is 1. The van der Waals surface area contributed by atoms with Crippen molar-refractivity contribution in [3.63, 3.8) is 0 Å². The molecule has 1 saturated carbocycles. The lowest BCUT2D eigenvalue weighted by Gasteiger charge is -2.08. The zero-order chi connectivity index (χ0) is 9.52. The van der Waals surface area contributed by atoms with Crippen molar-refractivity contribution in [1.29, 1.82) is 0 Å². The van der Waals surface area contributed by atoms with E-state index >= 15 is 0 Å². The van der Waals surface area contributed by atoms with Crippen LogP contribution in [-0.4, -0.2) is 12.5 Å². The lowest BCUT2D eigenvalue weighted by molar-refractivity contribution is -0.121. The molecule has 1 amide bonds. The molecule has 74 valence electrons. The van der Waals surface area contributed by atoms with Crippen molar-refractivity contribution < 1.29 is 4.79 Å². The minimum absolute atomic E-state index is 0.216. The summed E-state index contributed by atoms with van der Waals surface area (Å²) < 4.78 is 0. The maximum absolute atomic E-state index is 11.3. The smallest absolute Gasteiger partial charge is 0.220 e. The second-order valence-corrected chi connectivity index (χ2v) is 3.78. The Kier molecular flexibility index (Phi) is 4.58. The van der Waals surface area contributed by atoms with Gasteiger partial charge in [0.15, 0.2) is 0 Å². The van der Waals surface area contributed by atoms with Crippen LogP contribution < -0.4 is 5.32 Å². The Morgan fingerprint density at radius 1 is 1.46 bits per heavy atom. The second kappa shape index (κ2) is 5.79. The highest BCUT2D eigenvalue weighted by Gasteiger charge is 2.17. The van der Waals surface area contributed by atoms with Gasteiger partial charge in [0.05, 0.1) is 0 Å². The van der Waals surface area contributed by atoms with Gasteiger partial charge in [0.25, 0.3) is 0 Å². The lowest BCUT2D eigenvalue weighted by atomic mass is 10.0. The van der Waals surface area contributed by atoms with Gasteiger partial charge in [0, 0.05) is 13.0 Å². The van der Waals surface area contributed by atoms with Crippen molar-refractivity contribution in [3.8, 4) is 0 Å². The summed E-state index contributed by atoms with van der Waals surface area (Å²) in [6.07, 6.45) is 8.54. The van der Waals surface area contributed by atoms with Gasteiger partial charge in [-0.1, -0.05) is 18.9 Å². The summed E-state index contributed by atoms with van der Waals surface area (Å²) in [7, 11) is 0. The Balaban J connectivity index is 2.05. The number of amides is 1. The number of rotatable bonds is 5. The zero-order valence-corrected chi connectivity index (χ0v) is 8.22. The zero-order valence-electron chi connectivity index (χ0n) is 8.22. The maximum Gasteiger partial charge on any atom is 0.220 e. The summed E-state index contributed by atoms with van der Waals surface area (Å²) in [5, 5.41) is 2.90. The average molecular weight is 181 g/mol. The van der Waals surface area contributed by atoms with E-state index in [1.54, 1.807) is 0 Å². The van der Waals surface area contributed by atoms with Gasteiger partial charge < -0.3 is 5.32 Å². The van der Waals surface area contributed by atoms with E-state index in [1.165, 1.54) is 25.7 Å². The standard InChI is InChI=1S/C11H19NO/c1-2-3-8-12-11(13)9-10-6-4-5-7-10/h2,10H,1,3-9H2,(H,12,13). The summed E-state index contributed by atoms with van der Waals surface area (Å²) in [5.41, 5.74) is 0. The Bertz CT molecular complexity index is 171. The quantitative estimate of drug-likeness (QED) is 0.511. The van der Waals surface area contributed by atoms with Crippen LogP contribution in [0.5, 0.6) is 0 Å². The third kappa shape index (κ3) is 4.11. The molecule has 0 aromatic carbocycles. The molecule has 0 aliphatic heterocycles. The minimum atomic E-state index is 0.216. The molecule has 1 N–H and O–H groups in total. The van der Waals surface area contributed by atoms with E-state index < -0.39 is 0 Å². The fraction of sp³-hybridized carbons (Fsp3) is 0.727. The monoisotopic (exact) mass is 181 g/mol. The molecule has 0 spiro atoms. The molecule has 0 radical (unpaired) electrons. The fourth-order valence-electron chi connectivity index (χ4n) is 1.86. The molecule has 0 aromatic heterocycles. The van der Waals surface area contributed by atoms with E-state index in [0.717, 1.165) is 19.4 Å². The molecule has 1 rings (SSSR count). The van der Waals surface area contributed by atoms with Crippen molar-refractivity contribution in [3.05, 3.63) is 12.7 Å². The van der Waals surface area contributed by atoms with Crippen LogP contribution in [0.25, 0.3) is 0 Å². The molecule has 0 saturated heterocycles. The number of carbonyl (C=O) groups excluding carboxylic acids is 1. The molecule has 13 heavy (non-hydrogen) atoms. The van der Waals surface area contributed by atoms with E-state index in [9.17, 15) is 4.79 Å². The highest BCUT2D eigenvalue weighted by molar-refractivity contribution is 5.76. The Morgan fingerprint density at radius 2 is 2.15 bits per heavy atom. The highest BCUT2D eigenvalue weighted by Crippen LogP contribution is 2.27. The highest BCUT2D eigenvalue weighted by atomic mass is 16.1. The van der Waals surface area contributed by atoms with E-state index in [2.05, 4.69) is 11.9 Å². The molecule has 0 aromatic rings. The molecule has 1 fully saturated rings. The Labute approximate surface area is 80.4 Å². The topological polar surface area (TPSA) is 29.1 Å². The molecule has 0 atom stereocenters. The van der Waals surface area contributed by atoms with Crippen LogP contribution in [0.2, 0.25) is 0 Å². The van der Waals surface area contributed by atoms with Crippen molar-refractivity contribution in [2.75, 3.05) is 6.54 Å². The van der Waals surface area contributed by atoms with Crippen molar-refractivity contribution in [2.45, 2.75) is 38.5 Å². The van der Waals surface area contributed by atoms with Crippen LogP contribution in [0.1, 0.15) is 38.5 Å². The average Bonchev–Trinajstić information content (AvgIpc) is 2.57. The summed E-state index contributed by atoms with van der Waals surface area (Å²) in [6, 6.07) is 0. The van der Waals surface area contributed by atoms with Crippen molar-refractivity contribution >= 4 is 5.91 Å². The molecule has 0 unspecified atom stereocenters. The molecular formula is C11H19NO. The molecule has 0 bridgehead atoms. The van der Waals surface area contributed by atoms with Crippen LogP contribution in [0.3, 0.4) is 0 Å². The van der Waals surface area contributed by atoms with Gasteiger partial charge in [-0.2, -0.15) is 0 Å². The first-order valence-electron chi connectivity index (χ1n) is 5.20. The largest absolute Gasteiger partial charge is 0.356 e. The summed E-state index contributed by atoms with van der Waals surface area (Å²) in [5.74, 6) is 0.873. The number of nitrogens with one attached hydrogen (secondary N) is 1. The second-order valence-electron chi connectivity index (χ2n) is 3.78. The lowest BCUT2D eigenvalue weighted by Crippen LogP contribution is -2.25. The van der Waals surface area contributed by atoms with Gasteiger partial charge in [0.2, 0.25) is 5.91 Å². The predicted octanol–water partition coefficient (Wildman–Crippen LogP) is 2.26. The molecule has 1 aliphatic rings. The van der Waals surface area contributed by atoms with E-state index in [-0.39, 0.29) is 5.91 Å². The van der Waals surface area contributed by atoms with Crippen LogP contribution >= 0.6 is 0 Å². The van der Waals surface area contributed by atoms with Crippen LogP contribution in [0.15, 0.2) is 12.7 Å². The van der Waals surface area contributed by atoms with Crippen molar-refractivity contribution in [1.82, 2.24) is 5.32 Å². The SMILES string of the molecule is C=CCCNC(=O)CC1CCCC1. The normalized spacial score (nSPS) is 17.2. The Hall–Kier alpha value is -0.790. The fourth-order valence-corrected chi connectivity index (χ4v) is 1.86. The van der Waals surface area contributed by atoms with Gasteiger partial charge >= 0.3 is 0 Å². The van der Waals surface area contributed by atoms with E-state index in [4.69, 9.17) is 0 Å². The summed E-state index contributed by atoms with van der Waals surface area (Å²) >= 11 is 0. The van der Waals surface area contributed by atoms with Gasteiger partial charge in [-0.05, 0) is 25.2 Å². The van der Waals surface area contributed by atoms with Gasteiger partial charge in [-0.15, -0.1) is 6.58 Å². The molecule has 2 nitrogen and oxygen atoms in total. The summed E-state index contributed by atoms with van der Waals surface area (Å²) in [4.78, 5) is 11.3. The number of carbonyl (C=O) groups is 1. The van der Waals surface area contributed by atoms with E-state index in [0.29, 0.717) is 5.92 Å². The third-order valence-electron chi connectivity index (χ3n) is 2.62. The van der Waals surface area contributed by atoms with E-state index in [1.807, 2.05) is 6.08 Å². The van der Waals surface area contributed by atoms with Crippen LogP contribution in [-0.2, 0) is 4.79 Å². The van der Waals surface area contributed by atoms with Crippen LogP contribution in [0, 0.1) is 5.92 Å². The maximum atomic E-state index is 11.3. The molecule has 1 aliphatic carbocycles. The van der Waals surface area contributed by atoms with Crippen molar-refractivity contribution in [2.24, 2.45) is 5.92 Å². The summed E-state index contributed by atoms with van der Waals surface area (Å²) in [6.45, 7) is 4.35. The first-order valence-corrected chi connectivity index (χ1v) is 5.20.